The summed E-state index contributed by atoms with van der Waals surface area (Å²) in [6.45, 7) is 2.63. The van der Waals surface area contributed by atoms with E-state index in [2.05, 4.69) is 5.32 Å². The number of hydrogen-bond donors (Lipinski definition) is 1. The van der Waals surface area contributed by atoms with Gasteiger partial charge in [0.15, 0.2) is 0 Å². The topological polar surface area (TPSA) is 12.0 Å². The van der Waals surface area contributed by atoms with Crippen molar-refractivity contribution in [2.45, 2.75) is 13.5 Å². The van der Waals surface area contributed by atoms with Gasteiger partial charge in [-0.15, -0.1) is 0 Å². The van der Waals surface area contributed by atoms with E-state index in [9.17, 15) is 0 Å². The first-order valence-electron chi connectivity index (χ1n) is 5.49. The minimum Gasteiger partial charge on any atom is -0.381 e. The molecule has 18 heavy (non-hydrogen) atoms. The Hall–Kier alpha value is -0.890. The Morgan fingerprint density at radius 2 is 1.61 bits per heavy atom. The lowest BCUT2D eigenvalue weighted by Gasteiger charge is -2.09. The SMILES string of the molecule is Cc1ccc(NCc2cc(Cl)cc(Cl)c2)cc1Cl. The minimum atomic E-state index is 0.640. The van der Waals surface area contributed by atoms with Crippen molar-refractivity contribution in [2.75, 3.05) is 5.32 Å². The van der Waals surface area contributed by atoms with Gasteiger partial charge in [-0.05, 0) is 48.4 Å². The highest BCUT2D eigenvalue weighted by atomic mass is 35.5. The zero-order valence-electron chi connectivity index (χ0n) is 9.81. The van der Waals surface area contributed by atoms with Crippen molar-refractivity contribution in [3.05, 3.63) is 62.6 Å². The second-order valence-electron chi connectivity index (χ2n) is 4.10. The predicted molar refractivity (Wildman–Crippen MR) is 80.0 cm³/mol. The highest BCUT2D eigenvalue weighted by Crippen LogP contribution is 2.22. The van der Waals surface area contributed by atoms with Gasteiger partial charge < -0.3 is 5.32 Å². The molecule has 0 saturated carbocycles. The molecule has 0 heterocycles. The van der Waals surface area contributed by atoms with Gasteiger partial charge in [-0.25, -0.2) is 0 Å². The fourth-order valence-electron chi connectivity index (χ4n) is 1.62. The maximum atomic E-state index is 6.06. The standard InChI is InChI=1S/C14H12Cl3N/c1-9-2-3-13(7-14(9)17)18-8-10-4-11(15)6-12(16)5-10/h2-7,18H,8H2,1H3. The molecule has 0 aliphatic carbocycles. The van der Waals surface area contributed by atoms with Crippen molar-refractivity contribution in [3.8, 4) is 0 Å². The number of aryl methyl sites for hydroxylation is 1. The van der Waals surface area contributed by atoms with Crippen LogP contribution in [0.3, 0.4) is 0 Å². The highest BCUT2D eigenvalue weighted by molar-refractivity contribution is 6.34. The third kappa shape index (κ3) is 3.55. The van der Waals surface area contributed by atoms with Crippen LogP contribution in [0.5, 0.6) is 0 Å². The van der Waals surface area contributed by atoms with Gasteiger partial charge >= 0.3 is 0 Å². The van der Waals surface area contributed by atoms with Crippen molar-refractivity contribution in [2.24, 2.45) is 0 Å². The molecule has 4 heteroatoms. The summed E-state index contributed by atoms with van der Waals surface area (Å²) in [5.74, 6) is 0. The largest absolute Gasteiger partial charge is 0.381 e. The van der Waals surface area contributed by atoms with Gasteiger partial charge in [-0.3, -0.25) is 0 Å². The molecule has 0 unspecified atom stereocenters. The Labute approximate surface area is 122 Å². The van der Waals surface area contributed by atoms with Crippen molar-refractivity contribution in [3.63, 3.8) is 0 Å². The summed E-state index contributed by atoms with van der Waals surface area (Å²) in [4.78, 5) is 0. The maximum Gasteiger partial charge on any atom is 0.0455 e. The van der Waals surface area contributed by atoms with Crippen LogP contribution in [-0.4, -0.2) is 0 Å². The molecule has 0 aromatic heterocycles. The number of nitrogens with one attached hydrogen (secondary N) is 1. The van der Waals surface area contributed by atoms with E-state index in [4.69, 9.17) is 34.8 Å². The summed E-state index contributed by atoms with van der Waals surface area (Å²) in [6.07, 6.45) is 0. The minimum absolute atomic E-state index is 0.640. The lowest BCUT2D eigenvalue weighted by Crippen LogP contribution is -1.99. The third-order valence-corrected chi connectivity index (χ3v) is 3.43. The molecule has 0 fully saturated rings. The quantitative estimate of drug-likeness (QED) is 0.781. The van der Waals surface area contributed by atoms with E-state index in [-0.39, 0.29) is 0 Å². The molecule has 2 aromatic carbocycles. The summed E-state index contributed by atoms with van der Waals surface area (Å²) < 4.78 is 0. The van der Waals surface area contributed by atoms with Crippen molar-refractivity contribution in [1.29, 1.82) is 0 Å². The van der Waals surface area contributed by atoms with E-state index in [1.54, 1.807) is 6.07 Å². The van der Waals surface area contributed by atoms with Gasteiger partial charge in [0.1, 0.15) is 0 Å². The highest BCUT2D eigenvalue weighted by Gasteiger charge is 2.00. The van der Waals surface area contributed by atoms with E-state index in [0.29, 0.717) is 16.6 Å². The Morgan fingerprint density at radius 1 is 0.944 bits per heavy atom. The van der Waals surface area contributed by atoms with Gasteiger partial charge in [0.2, 0.25) is 0 Å². The summed E-state index contributed by atoms with van der Waals surface area (Å²) >= 11 is 18.0. The molecule has 0 radical (unpaired) electrons. The predicted octanol–water partition coefficient (Wildman–Crippen LogP) is 5.57. The molecule has 94 valence electrons. The first-order valence-corrected chi connectivity index (χ1v) is 6.63. The van der Waals surface area contributed by atoms with Gasteiger partial charge in [0, 0.05) is 27.3 Å². The van der Waals surface area contributed by atoms with Crippen molar-refractivity contribution in [1.82, 2.24) is 0 Å². The summed E-state index contributed by atoms with van der Waals surface area (Å²) in [5.41, 5.74) is 3.07. The smallest absolute Gasteiger partial charge is 0.0455 e. The molecule has 0 aliphatic heterocycles. The zero-order chi connectivity index (χ0) is 13.1. The Bertz CT molecular complexity index is 547. The second kappa shape index (κ2) is 5.83. The number of anilines is 1. The molecule has 0 spiro atoms. The van der Waals surface area contributed by atoms with E-state index in [0.717, 1.165) is 21.8 Å². The molecular weight excluding hydrogens is 289 g/mol. The molecule has 2 aromatic rings. The molecule has 0 bridgehead atoms. The Morgan fingerprint density at radius 3 is 2.22 bits per heavy atom. The number of halogens is 3. The van der Waals surface area contributed by atoms with Crippen LogP contribution >= 0.6 is 34.8 Å². The molecule has 1 nitrogen and oxygen atoms in total. The monoisotopic (exact) mass is 299 g/mol. The fraction of sp³-hybridized carbons (Fsp3) is 0.143. The normalized spacial score (nSPS) is 10.4. The van der Waals surface area contributed by atoms with Crippen molar-refractivity contribution >= 4 is 40.5 Å². The van der Waals surface area contributed by atoms with Gasteiger partial charge in [0.25, 0.3) is 0 Å². The molecule has 2 rings (SSSR count). The van der Waals surface area contributed by atoms with Gasteiger partial charge in [-0.1, -0.05) is 40.9 Å². The van der Waals surface area contributed by atoms with Gasteiger partial charge in [-0.2, -0.15) is 0 Å². The van der Waals surface area contributed by atoms with Gasteiger partial charge in [0.05, 0.1) is 0 Å². The maximum absolute atomic E-state index is 6.06. The summed E-state index contributed by atoms with van der Waals surface area (Å²) in [7, 11) is 0. The van der Waals surface area contributed by atoms with E-state index < -0.39 is 0 Å². The first-order chi connectivity index (χ1) is 8.54. The molecule has 1 N–H and O–H groups in total. The van der Waals surface area contributed by atoms with Crippen LogP contribution in [0.2, 0.25) is 15.1 Å². The van der Waals surface area contributed by atoms with Crippen LogP contribution in [0.4, 0.5) is 5.69 Å². The average molecular weight is 301 g/mol. The molecule has 0 aliphatic rings. The first kappa shape index (κ1) is 13.5. The van der Waals surface area contributed by atoms with Crippen LogP contribution < -0.4 is 5.32 Å². The number of rotatable bonds is 3. The van der Waals surface area contributed by atoms with Crippen molar-refractivity contribution < 1.29 is 0 Å². The Kier molecular flexibility index (Phi) is 4.39. The lowest BCUT2D eigenvalue weighted by molar-refractivity contribution is 1.15. The number of benzene rings is 2. The average Bonchev–Trinajstić information content (AvgIpc) is 2.29. The lowest BCUT2D eigenvalue weighted by atomic mass is 10.2. The van der Waals surface area contributed by atoms with Crippen LogP contribution in [0.15, 0.2) is 36.4 Å². The van der Waals surface area contributed by atoms with Crippen LogP contribution in [0.25, 0.3) is 0 Å². The fourth-order valence-corrected chi connectivity index (χ4v) is 2.37. The summed E-state index contributed by atoms with van der Waals surface area (Å²) in [5, 5.41) is 5.32. The molecular formula is C14H12Cl3N. The van der Waals surface area contributed by atoms with E-state index in [1.165, 1.54) is 0 Å². The van der Waals surface area contributed by atoms with Crippen LogP contribution in [0.1, 0.15) is 11.1 Å². The van der Waals surface area contributed by atoms with E-state index in [1.807, 2.05) is 37.3 Å². The number of hydrogen-bond acceptors (Lipinski definition) is 1. The third-order valence-electron chi connectivity index (χ3n) is 2.59. The summed E-state index contributed by atoms with van der Waals surface area (Å²) in [6, 6.07) is 11.4. The van der Waals surface area contributed by atoms with Crippen LogP contribution in [-0.2, 0) is 6.54 Å². The Balaban J connectivity index is 2.08. The zero-order valence-corrected chi connectivity index (χ0v) is 12.1. The molecule has 0 saturated heterocycles. The van der Waals surface area contributed by atoms with Crippen LogP contribution in [0, 0.1) is 6.92 Å². The van der Waals surface area contributed by atoms with E-state index >= 15 is 0 Å². The molecule has 0 atom stereocenters. The molecule has 0 amide bonds. The second-order valence-corrected chi connectivity index (χ2v) is 5.38.